The van der Waals surface area contributed by atoms with Crippen LogP contribution in [0.1, 0.15) is 28.8 Å². The quantitative estimate of drug-likeness (QED) is 0.842. The number of benzene rings is 2. The van der Waals surface area contributed by atoms with Crippen LogP contribution in [-0.2, 0) is 6.54 Å². The van der Waals surface area contributed by atoms with Gasteiger partial charge in [-0.05, 0) is 43.7 Å². The highest BCUT2D eigenvalue weighted by Gasteiger charge is 2.27. The molecule has 4 nitrogen and oxygen atoms in total. The molecule has 25 heavy (non-hydrogen) atoms. The molecule has 2 aromatic rings. The van der Waals surface area contributed by atoms with Gasteiger partial charge in [0, 0.05) is 30.1 Å². The van der Waals surface area contributed by atoms with Gasteiger partial charge in [0.15, 0.2) is 17.3 Å². The molecule has 1 atom stereocenters. The standard InChI is InChI=1S/C20H22FNO3/c1-25-19-9-8-14(11-17(19)21)20(24)16-6-4-10-22(13-16)12-15-5-2-3-7-18(15)23/h2-3,5,7-9,11,16,23H,4,6,10,12-13H2,1H3/t16-/m1/s1. The van der Waals surface area contributed by atoms with Crippen LogP contribution in [0, 0.1) is 11.7 Å². The van der Waals surface area contributed by atoms with E-state index in [-0.39, 0.29) is 23.2 Å². The molecular weight excluding hydrogens is 321 g/mol. The van der Waals surface area contributed by atoms with Gasteiger partial charge >= 0.3 is 0 Å². The number of hydrogen-bond acceptors (Lipinski definition) is 4. The second-order valence-corrected chi connectivity index (χ2v) is 6.42. The zero-order valence-corrected chi connectivity index (χ0v) is 14.2. The van der Waals surface area contributed by atoms with Crippen LogP contribution < -0.4 is 4.74 Å². The minimum absolute atomic E-state index is 0.0384. The fourth-order valence-electron chi connectivity index (χ4n) is 3.35. The predicted molar refractivity (Wildman–Crippen MR) is 93.4 cm³/mol. The zero-order chi connectivity index (χ0) is 17.8. The van der Waals surface area contributed by atoms with Gasteiger partial charge in [0.25, 0.3) is 0 Å². The second-order valence-electron chi connectivity index (χ2n) is 6.42. The number of para-hydroxylation sites is 1. The molecule has 0 aromatic heterocycles. The number of aromatic hydroxyl groups is 1. The Balaban J connectivity index is 1.69. The largest absolute Gasteiger partial charge is 0.508 e. The van der Waals surface area contributed by atoms with Crippen molar-refractivity contribution in [2.24, 2.45) is 5.92 Å². The fraction of sp³-hybridized carbons (Fsp3) is 0.350. The first-order chi connectivity index (χ1) is 12.1. The summed E-state index contributed by atoms with van der Waals surface area (Å²) in [4.78, 5) is 14.9. The maximum Gasteiger partial charge on any atom is 0.167 e. The van der Waals surface area contributed by atoms with Gasteiger partial charge in [-0.2, -0.15) is 0 Å². The topological polar surface area (TPSA) is 49.8 Å². The van der Waals surface area contributed by atoms with Crippen LogP contribution in [0.15, 0.2) is 42.5 Å². The molecule has 1 N–H and O–H groups in total. The number of Topliss-reactive ketones (excluding diaryl/α,β-unsaturated/α-hetero) is 1. The molecule has 132 valence electrons. The monoisotopic (exact) mass is 343 g/mol. The molecule has 1 heterocycles. The first-order valence-corrected chi connectivity index (χ1v) is 8.45. The van der Waals surface area contributed by atoms with Crippen molar-refractivity contribution in [3.63, 3.8) is 0 Å². The summed E-state index contributed by atoms with van der Waals surface area (Å²) in [7, 11) is 1.40. The summed E-state index contributed by atoms with van der Waals surface area (Å²) in [5, 5.41) is 9.93. The van der Waals surface area contributed by atoms with Crippen molar-refractivity contribution in [3.05, 3.63) is 59.4 Å². The molecule has 0 saturated carbocycles. The zero-order valence-electron chi connectivity index (χ0n) is 14.2. The Morgan fingerprint density at radius 1 is 1.32 bits per heavy atom. The van der Waals surface area contributed by atoms with Gasteiger partial charge in [-0.25, -0.2) is 4.39 Å². The van der Waals surface area contributed by atoms with E-state index >= 15 is 0 Å². The molecule has 0 radical (unpaired) electrons. The Kier molecular flexibility index (Phi) is 5.34. The van der Waals surface area contributed by atoms with Crippen LogP contribution in [0.25, 0.3) is 0 Å². The second kappa shape index (κ2) is 7.66. The van der Waals surface area contributed by atoms with Crippen LogP contribution >= 0.6 is 0 Å². The number of halogens is 1. The van der Waals surface area contributed by atoms with Crippen LogP contribution in [0.4, 0.5) is 4.39 Å². The lowest BCUT2D eigenvalue weighted by atomic mass is 9.89. The maximum absolute atomic E-state index is 13.9. The van der Waals surface area contributed by atoms with Gasteiger partial charge in [0.1, 0.15) is 5.75 Å². The first-order valence-electron chi connectivity index (χ1n) is 8.45. The highest BCUT2D eigenvalue weighted by atomic mass is 19.1. The molecule has 0 unspecified atom stereocenters. The number of carbonyl (C=O) groups is 1. The summed E-state index contributed by atoms with van der Waals surface area (Å²) >= 11 is 0. The third kappa shape index (κ3) is 3.99. The van der Waals surface area contributed by atoms with Gasteiger partial charge in [-0.1, -0.05) is 18.2 Å². The van der Waals surface area contributed by atoms with Gasteiger partial charge in [-0.15, -0.1) is 0 Å². The Morgan fingerprint density at radius 3 is 2.84 bits per heavy atom. The smallest absolute Gasteiger partial charge is 0.167 e. The van der Waals surface area contributed by atoms with E-state index in [1.807, 2.05) is 12.1 Å². The molecule has 2 aromatic carbocycles. The Morgan fingerprint density at radius 2 is 2.12 bits per heavy atom. The Labute approximate surface area is 146 Å². The summed E-state index contributed by atoms with van der Waals surface area (Å²) in [5.41, 5.74) is 1.23. The maximum atomic E-state index is 13.9. The minimum atomic E-state index is -0.518. The third-order valence-corrected chi connectivity index (χ3v) is 4.70. The molecule has 3 rings (SSSR count). The van der Waals surface area contributed by atoms with Crippen molar-refractivity contribution in [3.8, 4) is 11.5 Å². The molecule has 1 aliphatic rings. The summed E-state index contributed by atoms with van der Waals surface area (Å²) < 4.78 is 18.8. The molecular formula is C20H22FNO3. The van der Waals surface area contributed by atoms with Crippen molar-refractivity contribution in [1.82, 2.24) is 4.90 Å². The number of likely N-dealkylation sites (tertiary alicyclic amines) is 1. The predicted octanol–water partition coefficient (Wildman–Crippen LogP) is 3.63. The number of nitrogens with zero attached hydrogens (tertiary/aromatic N) is 1. The van der Waals surface area contributed by atoms with E-state index in [0.717, 1.165) is 24.9 Å². The molecule has 1 aliphatic heterocycles. The van der Waals surface area contributed by atoms with E-state index in [1.165, 1.54) is 19.2 Å². The lowest BCUT2D eigenvalue weighted by Gasteiger charge is -2.32. The van der Waals surface area contributed by atoms with Gasteiger partial charge in [0.2, 0.25) is 0 Å². The van der Waals surface area contributed by atoms with E-state index in [4.69, 9.17) is 4.74 Å². The number of ether oxygens (including phenoxy) is 1. The minimum Gasteiger partial charge on any atom is -0.508 e. The fourth-order valence-corrected chi connectivity index (χ4v) is 3.35. The van der Waals surface area contributed by atoms with Crippen molar-refractivity contribution in [1.29, 1.82) is 0 Å². The number of hydrogen-bond donors (Lipinski definition) is 1. The summed E-state index contributed by atoms with van der Waals surface area (Å²) in [6.45, 7) is 2.10. The Hall–Kier alpha value is -2.40. The number of phenolic OH excluding ortho intramolecular Hbond substituents is 1. The summed E-state index contributed by atoms with van der Waals surface area (Å²) in [6, 6.07) is 11.6. The highest BCUT2D eigenvalue weighted by Crippen LogP contribution is 2.26. The number of rotatable bonds is 5. The van der Waals surface area contributed by atoms with Crippen molar-refractivity contribution < 1.29 is 19.0 Å². The number of phenols is 1. The van der Waals surface area contributed by atoms with Crippen LogP contribution in [0.3, 0.4) is 0 Å². The first kappa shape index (κ1) is 17.4. The van der Waals surface area contributed by atoms with Crippen molar-refractivity contribution in [2.45, 2.75) is 19.4 Å². The number of ketones is 1. The van der Waals surface area contributed by atoms with Gasteiger partial charge in [-0.3, -0.25) is 9.69 Å². The highest BCUT2D eigenvalue weighted by molar-refractivity contribution is 5.98. The average molecular weight is 343 g/mol. The molecule has 0 amide bonds. The van der Waals surface area contributed by atoms with E-state index in [2.05, 4.69) is 4.90 Å². The average Bonchev–Trinajstić information content (AvgIpc) is 2.63. The van der Waals surface area contributed by atoms with E-state index in [1.54, 1.807) is 18.2 Å². The number of carbonyl (C=O) groups excluding carboxylic acids is 1. The SMILES string of the molecule is COc1ccc(C(=O)[C@@H]2CCCN(Cc3ccccc3O)C2)cc1F. The van der Waals surface area contributed by atoms with Crippen LogP contribution in [0.5, 0.6) is 11.5 Å². The van der Waals surface area contributed by atoms with E-state index < -0.39 is 5.82 Å². The van der Waals surface area contributed by atoms with Gasteiger partial charge in [0.05, 0.1) is 7.11 Å². The van der Waals surface area contributed by atoms with Crippen molar-refractivity contribution >= 4 is 5.78 Å². The number of piperidine rings is 1. The van der Waals surface area contributed by atoms with Crippen LogP contribution in [-0.4, -0.2) is 36.0 Å². The molecule has 0 aliphatic carbocycles. The normalized spacial score (nSPS) is 18.1. The van der Waals surface area contributed by atoms with Gasteiger partial charge < -0.3 is 9.84 Å². The Bertz CT molecular complexity index is 762. The van der Waals surface area contributed by atoms with E-state index in [9.17, 15) is 14.3 Å². The lowest BCUT2D eigenvalue weighted by molar-refractivity contribution is 0.0810. The summed E-state index contributed by atoms with van der Waals surface area (Å²) in [5.74, 6) is -0.305. The number of methoxy groups -OCH3 is 1. The molecule has 1 fully saturated rings. The third-order valence-electron chi connectivity index (χ3n) is 4.70. The summed E-state index contributed by atoms with van der Waals surface area (Å²) in [6.07, 6.45) is 1.70. The van der Waals surface area contributed by atoms with Crippen molar-refractivity contribution in [2.75, 3.05) is 20.2 Å². The van der Waals surface area contributed by atoms with Crippen LogP contribution in [0.2, 0.25) is 0 Å². The molecule has 1 saturated heterocycles. The molecule has 5 heteroatoms. The molecule has 0 bridgehead atoms. The lowest BCUT2D eigenvalue weighted by Crippen LogP contribution is -2.38. The van der Waals surface area contributed by atoms with E-state index in [0.29, 0.717) is 18.7 Å². The molecule has 0 spiro atoms.